The topological polar surface area (TPSA) is 53.4 Å². The lowest BCUT2D eigenvalue weighted by Gasteiger charge is -2.31. The summed E-state index contributed by atoms with van der Waals surface area (Å²) in [5.41, 5.74) is 1.20. The Kier molecular flexibility index (Phi) is 5.50. The number of hydrogen-bond acceptors (Lipinski definition) is 3. The van der Waals surface area contributed by atoms with Gasteiger partial charge in [0.1, 0.15) is 6.04 Å². The van der Waals surface area contributed by atoms with Crippen molar-refractivity contribution in [3.63, 3.8) is 0 Å². The first kappa shape index (κ1) is 16.4. The molecule has 0 aliphatic rings. The molecule has 0 aliphatic carbocycles. The van der Waals surface area contributed by atoms with E-state index in [1.54, 1.807) is 32.0 Å². The van der Waals surface area contributed by atoms with Crippen LogP contribution in [0.5, 0.6) is 0 Å². The van der Waals surface area contributed by atoms with E-state index in [1.807, 2.05) is 0 Å². The van der Waals surface area contributed by atoms with Gasteiger partial charge in [0.05, 0.1) is 12.1 Å². The molecule has 0 aliphatic heterocycles. The first-order valence-electron chi connectivity index (χ1n) is 6.19. The van der Waals surface area contributed by atoms with E-state index in [-0.39, 0.29) is 13.1 Å². The van der Waals surface area contributed by atoms with E-state index in [0.29, 0.717) is 11.4 Å². The van der Waals surface area contributed by atoms with Crippen LogP contribution in [0.1, 0.15) is 24.7 Å². The van der Waals surface area contributed by atoms with Gasteiger partial charge in [0.25, 0.3) is 0 Å². The Labute approximate surface area is 115 Å². The van der Waals surface area contributed by atoms with E-state index in [1.165, 1.54) is 0 Å². The van der Waals surface area contributed by atoms with Crippen LogP contribution in [-0.4, -0.2) is 39.7 Å². The third kappa shape index (κ3) is 4.80. The first-order chi connectivity index (χ1) is 9.24. The summed E-state index contributed by atoms with van der Waals surface area (Å²) >= 11 is 0. The van der Waals surface area contributed by atoms with Gasteiger partial charge in [-0.25, -0.2) is 0 Å². The number of carbonyl (C=O) groups is 1. The lowest BCUT2D eigenvalue weighted by Crippen LogP contribution is -2.46. The second-order valence-corrected chi connectivity index (χ2v) is 4.49. The van der Waals surface area contributed by atoms with Gasteiger partial charge < -0.3 is 5.11 Å². The van der Waals surface area contributed by atoms with E-state index in [0.717, 1.165) is 4.90 Å². The molecule has 1 aromatic rings. The number of rotatable bonds is 6. The number of halogens is 3. The molecule has 0 saturated heterocycles. The van der Waals surface area contributed by atoms with Gasteiger partial charge in [0, 0.05) is 12.2 Å². The third-order valence-electron chi connectivity index (χ3n) is 2.90. The number of nitrogens with zero attached hydrogens (tertiary/aromatic N) is 2. The Bertz CT molecular complexity index is 463. The molecule has 1 N–H and O–H groups in total. The van der Waals surface area contributed by atoms with Crippen molar-refractivity contribution in [1.29, 1.82) is 0 Å². The molecule has 1 unspecified atom stereocenters. The molecule has 0 radical (unpaired) electrons. The number of aliphatic carboxylic acids is 1. The summed E-state index contributed by atoms with van der Waals surface area (Å²) in [6, 6.07) is 3.08. The number of alkyl halides is 3. The van der Waals surface area contributed by atoms with Crippen LogP contribution in [0.25, 0.3) is 0 Å². The molecule has 1 heterocycles. The average molecular weight is 290 g/mol. The fourth-order valence-electron chi connectivity index (χ4n) is 1.96. The van der Waals surface area contributed by atoms with E-state index in [4.69, 9.17) is 5.11 Å². The van der Waals surface area contributed by atoms with Crippen molar-refractivity contribution in [3.8, 4) is 0 Å². The minimum Gasteiger partial charge on any atom is -0.481 e. The molecule has 1 aromatic heterocycles. The molecule has 7 heteroatoms. The molecule has 1 atom stereocenters. The Hall–Kier alpha value is -1.63. The predicted octanol–water partition coefficient (Wildman–Crippen LogP) is 2.62. The summed E-state index contributed by atoms with van der Waals surface area (Å²) in [7, 11) is 0. The Balaban J connectivity index is 2.93. The Morgan fingerprint density at radius 3 is 2.55 bits per heavy atom. The summed E-state index contributed by atoms with van der Waals surface area (Å²) in [5, 5.41) is 8.66. The standard InChI is InChI=1S/C13H17F3N2O2/c1-3-18(8-10-6-4-5-9(2)17-10)11(7-12(19)20)13(14,15)16/h4-6,11H,3,7-8H2,1-2H3,(H,19,20). The quantitative estimate of drug-likeness (QED) is 0.875. The van der Waals surface area contributed by atoms with Crippen LogP contribution in [-0.2, 0) is 11.3 Å². The molecule has 0 saturated carbocycles. The van der Waals surface area contributed by atoms with Gasteiger partial charge in [-0.05, 0) is 25.6 Å². The highest BCUT2D eigenvalue weighted by atomic mass is 19.4. The fourth-order valence-corrected chi connectivity index (χ4v) is 1.96. The van der Waals surface area contributed by atoms with Crippen molar-refractivity contribution in [2.45, 2.75) is 39.0 Å². The van der Waals surface area contributed by atoms with E-state index >= 15 is 0 Å². The minimum atomic E-state index is -4.59. The van der Waals surface area contributed by atoms with E-state index in [9.17, 15) is 18.0 Å². The molecule has 0 aromatic carbocycles. The zero-order chi connectivity index (χ0) is 15.3. The number of hydrogen-bond donors (Lipinski definition) is 1. The number of aromatic nitrogens is 1. The van der Waals surface area contributed by atoms with Crippen molar-refractivity contribution in [1.82, 2.24) is 9.88 Å². The Morgan fingerprint density at radius 1 is 1.45 bits per heavy atom. The van der Waals surface area contributed by atoms with Crippen LogP contribution in [0.15, 0.2) is 18.2 Å². The molecule has 0 fully saturated rings. The normalized spacial score (nSPS) is 13.5. The molecular weight excluding hydrogens is 273 g/mol. The second-order valence-electron chi connectivity index (χ2n) is 4.49. The maximum absolute atomic E-state index is 13.0. The van der Waals surface area contributed by atoms with E-state index < -0.39 is 24.6 Å². The van der Waals surface area contributed by atoms with Gasteiger partial charge in [0.2, 0.25) is 0 Å². The molecule has 20 heavy (non-hydrogen) atoms. The summed E-state index contributed by atoms with van der Waals surface area (Å²) in [6.45, 7) is 3.37. The summed E-state index contributed by atoms with van der Waals surface area (Å²) in [4.78, 5) is 15.9. The molecule has 0 bridgehead atoms. The number of carboxylic acids is 1. The van der Waals surface area contributed by atoms with Crippen LogP contribution in [0, 0.1) is 6.92 Å². The molecule has 1 rings (SSSR count). The molecular formula is C13H17F3N2O2. The number of pyridine rings is 1. The highest BCUT2D eigenvalue weighted by Crippen LogP contribution is 2.28. The lowest BCUT2D eigenvalue weighted by atomic mass is 10.1. The summed E-state index contributed by atoms with van der Waals surface area (Å²) in [6.07, 6.45) is -5.55. The SMILES string of the molecule is CCN(Cc1cccc(C)n1)C(CC(=O)O)C(F)(F)F. The van der Waals surface area contributed by atoms with Crippen molar-refractivity contribution >= 4 is 5.97 Å². The highest BCUT2D eigenvalue weighted by Gasteiger charge is 2.44. The summed E-state index contributed by atoms with van der Waals surface area (Å²) in [5.74, 6) is -1.47. The fraction of sp³-hybridized carbons (Fsp3) is 0.538. The number of carboxylic acid groups (broad SMARTS) is 1. The first-order valence-corrected chi connectivity index (χ1v) is 6.19. The zero-order valence-electron chi connectivity index (χ0n) is 11.3. The largest absolute Gasteiger partial charge is 0.481 e. The van der Waals surface area contributed by atoms with Crippen molar-refractivity contribution in [3.05, 3.63) is 29.6 Å². The van der Waals surface area contributed by atoms with Crippen LogP contribution < -0.4 is 0 Å². The molecule has 112 valence electrons. The average Bonchev–Trinajstić information content (AvgIpc) is 2.32. The van der Waals surface area contributed by atoms with Gasteiger partial charge in [-0.2, -0.15) is 13.2 Å². The maximum atomic E-state index is 13.0. The van der Waals surface area contributed by atoms with Gasteiger partial charge in [-0.1, -0.05) is 13.0 Å². The molecule has 0 spiro atoms. The van der Waals surface area contributed by atoms with Gasteiger partial charge in [-0.15, -0.1) is 0 Å². The zero-order valence-corrected chi connectivity index (χ0v) is 11.3. The molecule has 0 amide bonds. The van der Waals surface area contributed by atoms with Gasteiger partial charge in [-0.3, -0.25) is 14.7 Å². The minimum absolute atomic E-state index is 0.0321. The van der Waals surface area contributed by atoms with Crippen molar-refractivity contribution in [2.75, 3.05) is 6.54 Å². The predicted molar refractivity (Wildman–Crippen MR) is 67.2 cm³/mol. The van der Waals surface area contributed by atoms with E-state index in [2.05, 4.69) is 4.98 Å². The third-order valence-corrected chi connectivity index (χ3v) is 2.90. The Morgan fingerprint density at radius 2 is 2.10 bits per heavy atom. The lowest BCUT2D eigenvalue weighted by molar-refractivity contribution is -0.191. The smallest absolute Gasteiger partial charge is 0.404 e. The number of aryl methyl sites for hydroxylation is 1. The van der Waals surface area contributed by atoms with Crippen LogP contribution in [0.4, 0.5) is 13.2 Å². The monoisotopic (exact) mass is 290 g/mol. The van der Waals surface area contributed by atoms with Crippen LogP contribution >= 0.6 is 0 Å². The van der Waals surface area contributed by atoms with Crippen molar-refractivity contribution in [2.24, 2.45) is 0 Å². The van der Waals surface area contributed by atoms with Gasteiger partial charge in [0.15, 0.2) is 0 Å². The second kappa shape index (κ2) is 6.69. The van der Waals surface area contributed by atoms with Crippen molar-refractivity contribution < 1.29 is 23.1 Å². The van der Waals surface area contributed by atoms with Crippen LogP contribution in [0.3, 0.4) is 0 Å². The van der Waals surface area contributed by atoms with Crippen LogP contribution in [0.2, 0.25) is 0 Å². The highest BCUT2D eigenvalue weighted by molar-refractivity contribution is 5.67. The maximum Gasteiger partial charge on any atom is 0.404 e. The van der Waals surface area contributed by atoms with Gasteiger partial charge >= 0.3 is 12.1 Å². The molecule has 4 nitrogen and oxygen atoms in total. The summed E-state index contributed by atoms with van der Waals surface area (Å²) < 4.78 is 38.9.